The van der Waals surface area contributed by atoms with Crippen LogP contribution in [0.2, 0.25) is 0 Å². The number of nitrogens with zero attached hydrogens (tertiary/aromatic N) is 1. The molecule has 1 heterocycles. The van der Waals surface area contributed by atoms with E-state index in [4.69, 9.17) is 4.74 Å². The maximum Gasteiger partial charge on any atom is 0.133 e. The largest absolute Gasteiger partial charge is 0.496 e. The van der Waals surface area contributed by atoms with Crippen molar-refractivity contribution in [3.63, 3.8) is 0 Å². The average Bonchev–Trinajstić information content (AvgIpc) is 2.39. The second-order valence-electron chi connectivity index (χ2n) is 5.37. The van der Waals surface area contributed by atoms with Crippen LogP contribution in [0.1, 0.15) is 18.4 Å². The van der Waals surface area contributed by atoms with Crippen LogP contribution in [-0.4, -0.2) is 38.7 Å². The summed E-state index contributed by atoms with van der Waals surface area (Å²) in [5.74, 6) is 1.68. The highest BCUT2D eigenvalue weighted by Gasteiger charge is 2.16. The lowest BCUT2D eigenvalue weighted by atomic mass is 9.98. The van der Waals surface area contributed by atoms with Gasteiger partial charge in [-0.2, -0.15) is 0 Å². The fourth-order valence-electron chi connectivity index (χ4n) is 2.68. The maximum atomic E-state index is 5.24. The molecule has 1 aromatic rings. The Hall–Kier alpha value is -0.580. The van der Waals surface area contributed by atoms with Crippen LogP contribution in [0.5, 0.6) is 5.75 Å². The first-order valence-corrected chi connectivity index (χ1v) is 7.70. The molecule has 0 unspecified atom stereocenters. The van der Waals surface area contributed by atoms with Crippen LogP contribution in [0.3, 0.4) is 0 Å². The van der Waals surface area contributed by atoms with Crippen molar-refractivity contribution in [3.05, 3.63) is 28.2 Å². The highest BCUT2D eigenvalue weighted by molar-refractivity contribution is 9.10. The summed E-state index contributed by atoms with van der Waals surface area (Å²) >= 11 is 3.52. The molecule has 0 amide bonds. The summed E-state index contributed by atoms with van der Waals surface area (Å²) in [6, 6.07) is 6.25. The molecular formula is C15H23BrN2O. The topological polar surface area (TPSA) is 24.5 Å². The molecule has 0 saturated carbocycles. The number of hydrogen-bond acceptors (Lipinski definition) is 3. The van der Waals surface area contributed by atoms with Gasteiger partial charge in [0.05, 0.1) is 11.6 Å². The molecule has 2 rings (SSSR count). The van der Waals surface area contributed by atoms with Crippen LogP contribution in [0.25, 0.3) is 0 Å². The summed E-state index contributed by atoms with van der Waals surface area (Å²) in [6.45, 7) is 4.50. The molecule has 0 radical (unpaired) electrons. The molecule has 0 aromatic heterocycles. The van der Waals surface area contributed by atoms with E-state index in [0.29, 0.717) is 0 Å². The molecule has 0 spiro atoms. The van der Waals surface area contributed by atoms with E-state index in [2.05, 4.69) is 45.3 Å². The predicted octanol–water partition coefficient (Wildman–Crippen LogP) is 2.89. The van der Waals surface area contributed by atoms with Gasteiger partial charge in [0, 0.05) is 13.1 Å². The molecule has 19 heavy (non-hydrogen) atoms. The van der Waals surface area contributed by atoms with E-state index in [1.54, 1.807) is 7.11 Å². The number of hydrogen-bond donors (Lipinski definition) is 1. The summed E-state index contributed by atoms with van der Waals surface area (Å²) in [7, 11) is 3.91. The van der Waals surface area contributed by atoms with Gasteiger partial charge in [-0.15, -0.1) is 0 Å². The molecule has 1 fully saturated rings. The van der Waals surface area contributed by atoms with E-state index in [9.17, 15) is 0 Å². The molecule has 1 saturated heterocycles. The molecular weight excluding hydrogens is 304 g/mol. The van der Waals surface area contributed by atoms with Crippen molar-refractivity contribution in [3.8, 4) is 5.75 Å². The summed E-state index contributed by atoms with van der Waals surface area (Å²) in [6.07, 6.45) is 2.68. The summed E-state index contributed by atoms with van der Waals surface area (Å²) < 4.78 is 6.26. The molecule has 1 aliphatic heterocycles. The molecule has 106 valence electrons. The number of likely N-dealkylation sites (tertiary alicyclic amines) is 1. The Morgan fingerprint density at radius 2 is 2.32 bits per heavy atom. The lowest BCUT2D eigenvalue weighted by Gasteiger charge is -2.29. The molecule has 1 aliphatic rings. The Kier molecular flexibility index (Phi) is 5.67. The van der Waals surface area contributed by atoms with Crippen molar-refractivity contribution in [1.82, 2.24) is 10.2 Å². The second kappa shape index (κ2) is 7.27. The summed E-state index contributed by atoms with van der Waals surface area (Å²) in [5.41, 5.74) is 1.29. The lowest BCUT2D eigenvalue weighted by molar-refractivity contribution is 0.206. The minimum atomic E-state index is 0.792. The number of rotatable bonds is 5. The molecule has 0 bridgehead atoms. The van der Waals surface area contributed by atoms with Crippen molar-refractivity contribution in [2.45, 2.75) is 19.4 Å². The maximum absolute atomic E-state index is 5.24. The first-order valence-electron chi connectivity index (χ1n) is 6.90. The van der Waals surface area contributed by atoms with Gasteiger partial charge in [-0.1, -0.05) is 6.07 Å². The number of methoxy groups -OCH3 is 1. The van der Waals surface area contributed by atoms with Gasteiger partial charge in [-0.3, -0.25) is 0 Å². The van der Waals surface area contributed by atoms with Crippen LogP contribution in [0.4, 0.5) is 0 Å². The van der Waals surface area contributed by atoms with E-state index in [1.165, 1.54) is 31.5 Å². The van der Waals surface area contributed by atoms with Gasteiger partial charge in [0.15, 0.2) is 0 Å². The van der Waals surface area contributed by atoms with Crippen LogP contribution >= 0.6 is 15.9 Å². The standard InChI is InChI=1S/C15H23BrN2O/c1-18-7-3-4-13(11-18)10-17-9-12-5-6-15(19-2)14(16)8-12/h5-6,8,13,17H,3-4,7,9-11H2,1-2H3/t13-/m1/s1. The SMILES string of the molecule is COc1ccc(CNC[C@H]2CCCN(C)C2)cc1Br. The van der Waals surface area contributed by atoms with E-state index in [1.807, 2.05) is 6.07 Å². The normalized spacial score (nSPS) is 20.5. The Morgan fingerprint density at radius 1 is 1.47 bits per heavy atom. The first-order chi connectivity index (χ1) is 9.19. The second-order valence-corrected chi connectivity index (χ2v) is 6.22. The highest BCUT2D eigenvalue weighted by atomic mass is 79.9. The number of nitrogens with one attached hydrogen (secondary N) is 1. The van der Waals surface area contributed by atoms with Gasteiger partial charge in [-0.25, -0.2) is 0 Å². The number of benzene rings is 1. The van der Waals surface area contributed by atoms with Crippen molar-refractivity contribution >= 4 is 15.9 Å². The number of piperidine rings is 1. The summed E-state index contributed by atoms with van der Waals surface area (Å²) in [5, 5.41) is 3.57. The Morgan fingerprint density at radius 3 is 3.00 bits per heavy atom. The third-order valence-electron chi connectivity index (χ3n) is 3.70. The fraction of sp³-hybridized carbons (Fsp3) is 0.600. The van der Waals surface area contributed by atoms with Crippen LogP contribution in [0, 0.1) is 5.92 Å². The molecule has 1 N–H and O–H groups in total. The first kappa shape index (κ1) is 14.8. The van der Waals surface area contributed by atoms with Crippen molar-refractivity contribution in [1.29, 1.82) is 0 Å². The van der Waals surface area contributed by atoms with Crippen LogP contribution in [0.15, 0.2) is 22.7 Å². The minimum Gasteiger partial charge on any atom is -0.496 e. The molecule has 4 heteroatoms. The third kappa shape index (κ3) is 4.48. The minimum absolute atomic E-state index is 0.792. The average molecular weight is 327 g/mol. The zero-order valence-corrected chi connectivity index (χ0v) is 13.4. The van der Waals surface area contributed by atoms with Gasteiger partial charge >= 0.3 is 0 Å². The van der Waals surface area contributed by atoms with Gasteiger partial charge in [0.25, 0.3) is 0 Å². The Balaban J connectivity index is 1.77. The Labute approximate surface area is 124 Å². The molecule has 0 aliphatic carbocycles. The summed E-state index contributed by atoms with van der Waals surface area (Å²) in [4.78, 5) is 2.43. The van der Waals surface area contributed by atoms with E-state index >= 15 is 0 Å². The Bertz CT molecular complexity index is 411. The van der Waals surface area contributed by atoms with Crippen LogP contribution in [-0.2, 0) is 6.54 Å². The van der Waals surface area contributed by atoms with Gasteiger partial charge in [0.1, 0.15) is 5.75 Å². The quantitative estimate of drug-likeness (QED) is 0.900. The molecule has 1 atom stereocenters. The van der Waals surface area contributed by atoms with Crippen molar-refractivity contribution in [2.24, 2.45) is 5.92 Å². The van der Waals surface area contributed by atoms with Crippen molar-refractivity contribution in [2.75, 3.05) is 33.8 Å². The van der Waals surface area contributed by atoms with E-state index in [-0.39, 0.29) is 0 Å². The highest BCUT2D eigenvalue weighted by Crippen LogP contribution is 2.25. The predicted molar refractivity (Wildman–Crippen MR) is 82.6 cm³/mol. The van der Waals surface area contributed by atoms with Gasteiger partial charge < -0.3 is 15.0 Å². The van der Waals surface area contributed by atoms with E-state index < -0.39 is 0 Å². The zero-order chi connectivity index (χ0) is 13.7. The van der Waals surface area contributed by atoms with Crippen LogP contribution < -0.4 is 10.1 Å². The number of halogens is 1. The monoisotopic (exact) mass is 326 g/mol. The molecule has 1 aromatic carbocycles. The zero-order valence-electron chi connectivity index (χ0n) is 11.8. The lowest BCUT2D eigenvalue weighted by Crippen LogP contribution is -2.37. The van der Waals surface area contributed by atoms with Gasteiger partial charge in [-0.05, 0) is 72.5 Å². The van der Waals surface area contributed by atoms with Crippen molar-refractivity contribution < 1.29 is 4.74 Å². The van der Waals surface area contributed by atoms with Gasteiger partial charge in [0.2, 0.25) is 0 Å². The smallest absolute Gasteiger partial charge is 0.133 e. The molecule has 3 nitrogen and oxygen atoms in total. The fourth-order valence-corrected chi connectivity index (χ4v) is 3.27. The number of ether oxygens (including phenoxy) is 1. The van der Waals surface area contributed by atoms with E-state index in [0.717, 1.165) is 29.2 Å². The third-order valence-corrected chi connectivity index (χ3v) is 4.32.